The van der Waals surface area contributed by atoms with Crippen LogP contribution in [0, 0.1) is 5.92 Å². The Morgan fingerprint density at radius 3 is 2.25 bits per heavy atom. The van der Waals surface area contributed by atoms with Gasteiger partial charge in [0, 0.05) is 0 Å². The van der Waals surface area contributed by atoms with E-state index in [0.29, 0.717) is 0 Å². The molecule has 2 N–H and O–H groups in total. The van der Waals surface area contributed by atoms with E-state index in [2.05, 4.69) is 4.74 Å². The van der Waals surface area contributed by atoms with Crippen LogP contribution in [-0.2, 0) is 14.3 Å². The first-order chi connectivity index (χ1) is 5.45. The van der Waals surface area contributed by atoms with Crippen molar-refractivity contribution in [2.24, 2.45) is 5.92 Å². The third kappa shape index (κ3) is 3.92. The monoisotopic (exact) mass is 176 g/mol. The van der Waals surface area contributed by atoms with Gasteiger partial charge >= 0.3 is 11.9 Å². The van der Waals surface area contributed by atoms with Crippen molar-refractivity contribution in [1.82, 2.24) is 0 Å². The van der Waals surface area contributed by atoms with Crippen LogP contribution in [0.2, 0.25) is 0 Å². The van der Waals surface area contributed by atoms with E-state index < -0.39 is 18.0 Å². The number of aliphatic hydroxyl groups excluding tert-OH is 1. The number of carboxylic acids is 1. The molecule has 0 amide bonds. The summed E-state index contributed by atoms with van der Waals surface area (Å²) in [5.41, 5.74) is 0. The fraction of sp³-hybridized carbons (Fsp3) is 0.714. The summed E-state index contributed by atoms with van der Waals surface area (Å²) in [6, 6.07) is 0. The Morgan fingerprint density at radius 1 is 1.42 bits per heavy atom. The number of carbonyl (C=O) groups is 2. The highest BCUT2D eigenvalue weighted by atomic mass is 16.6. The lowest BCUT2D eigenvalue weighted by molar-refractivity contribution is -0.165. The highest BCUT2D eigenvalue weighted by Gasteiger charge is 2.24. The minimum absolute atomic E-state index is 0.114. The number of hydrogen-bond donors (Lipinski definition) is 2. The number of aliphatic carboxylic acids is 1. The van der Waals surface area contributed by atoms with Crippen LogP contribution in [0.5, 0.6) is 0 Å². The van der Waals surface area contributed by atoms with Crippen LogP contribution < -0.4 is 0 Å². The zero-order chi connectivity index (χ0) is 9.72. The van der Waals surface area contributed by atoms with E-state index in [1.165, 1.54) is 0 Å². The van der Waals surface area contributed by atoms with Crippen molar-refractivity contribution in [2.75, 3.05) is 6.61 Å². The van der Waals surface area contributed by atoms with Gasteiger partial charge in [-0.05, 0) is 5.92 Å². The molecule has 5 nitrogen and oxygen atoms in total. The Hall–Kier alpha value is -1.10. The Bertz CT molecular complexity index is 175. The molecular formula is C7H12O5. The van der Waals surface area contributed by atoms with Gasteiger partial charge in [0.05, 0.1) is 6.61 Å². The third-order valence-electron chi connectivity index (χ3n) is 1.02. The van der Waals surface area contributed by atoms with E-state index in [9.17, 15) is 9.59 Å². The second-order valence-corrected chi connectivity index (χ2v) is 2.76. The van der Waals surface area contributed by atoms with Gasteiger partial charge in [0.25, 0.3) is 0 Å². The van der Waals surface area contributed by atoms with Crippen LogP contribution >= 0.6 is 0 Å². The molecule has 0 aliphatic carbocycles. The lowest BCUT2D eigenvalue weighted by Gasteiger charge is -2.08. The zero-order valence-electron chi connectivity index (χ0n) is 6.98. The van der Waals surface area contributed by atoms with Crippen molar-refractivity contribution >= 4 is 11.9 Å². The van der Waals surface area contributed by atoms with Crippen molar-refractivity contribution in [1.29, 1.82) is 0 Å². The molecule has 12 heavy (non-hydrogen) atoms. The maximum absolute atomic E-state index is 10.6. The maximum Gasteiger partial charge on any atom is 0.346 e. The number of aliphatic hydroxyl groups is 1. The van der Waals surface area contributed by atoms with E-state index in [0.717, 1.165) is 0 Å². The Kier molecular flexibility index (Phi) is 4.28. The summed E-state index contributed by atoms with van der Waals surface area (Å²) in [6.07, 6.45) is -2.07. The molecule has 0 aliphatic heterocycles. The molecule has 0 heterocycles. The average molecular weight is 176 g/mol. The first-order valence-corrected chi connectivity index (χ1v) is 3.52. The summed E-state index contributed by atoms with van der Waals surface area (Å²) in [5.74, 6) is -2.59. The van der Waals surface area contributed by atoms with Gasteiger partial charge in [0.15, 0.2) is 0 Å². The SMILES string of the molecule is CC(C)COC(=O)C(O)C(=O)O. The summed E-state index contributed by atoms with van der Waals surface area (Å²) in [4.78, 5) is 20.7. The Balaban J connectivity index is 3.80. The fourth-order valence-electron chi connectivity index (χ4n) is 0.429. The van der Waals surface area contributed by atoms with Crippen molar-refractivity contribution < 1.29 is 24.5 Å². The smallest absolute Gasteiger partial charge is 0.346 e. The molecule has 0 aromatic carbocycles. The van der Waals surface area contributed by atoms with Crippen LogP contribution in [0.1, 0.15) is 13.8 Å². The zero-order valence-corrected chi connectivity index (χ0v) is 6.98. The summed E-state index contributed by atoms with van der Waals surface area (Å²) in [5, 5.41) is 16.8. The van der Waals surface area contributed by atoms with Crippen LogP contribution in [0.4, 0.5) is 0 Å². The topological polar surface area (TPSA) is 83.8 Å². The van der Waals surface area contributed by atoms with Crippen molar-refractivity contribution in [3.8, 4) is 0 Å². The lowest BCUT2D eigenvalue weighted by Crippen LogP contribution is -2.32. The van der Waals surface area contributed by atoms with Gasteiger partial charge in [-0.15, -0.1) is 0 Å². The molecule has 0 saturated heterocycles. The summed E-state index contributed by atoms with van der Waals surface area (Å²) in [6.45, 7) is 3.73. The quantitative estimate of drug-likeness (QED) is 0.451. The molecule has 1 atom stereocenters. The number of esters is 1. The standard InChI is InChI=1S/C7H12O5/c1-4(2)3-12-7(11)5(8)6(9)10/h4-5,8H,3H2,1-2H3,(H,9,10). The second-order valence-electron chi connectivity index (χ2n) is 2.76. The molecule has 70 valence electrons. The van der Waals surface area contributed by atoms with Gasteiger partial charge in [-0.1, -0.05) is 13.8 Å². The molecule has 0 rings (SSSR count). The minimum atomic E-state index is -2.07. The van der Waals surface area contributed by atoms with Crippen LogP contribution in [-0.4, -0.2) is 34.9 Å². The first-order valence-electron chi connectivity index (χ1n) is 3.52. The maximum atomic E-state index is 10.6. The van der Waals surface area contributed by atoms with E-state index in [-0.39, 0.29) is 12.5 Å². The molecule has 1 unspecified atom stereocenters. The average Bonchev–Trinajstić information content (AvgIpc) is 1.98. The van der Waals surface area contributed by atoms with E-state index >= 15 is 0 Å². The third-order valence-corrected chi connectivity index (χ3v) is 1.02. The number of carbonyl (C=O) groups excluding carboxylic acids is 1. The fourth-order valence-corrected chi connectivity index (χ4v) is 0.429. The van der Waals surface area contributed by atoms with Gasteiger partial charge in [0.1, 0.15) is 0 Å². The molecular weight excluding hydrogens is 164 g/mol. The molecule has 0 radical (unpaired) electrons. The highest BCUT2D eigenvalue weighted by molar-refractivity contribution is 5.96. The lowest BCUT2D eigenvalue weighted by atomic mass is 10.2. The van der Waals surface area contributed by atoms with E-state index in [4.69, 9.17) is 10.2 Å². The molecule has 0 spiro atoms. The van der Waals surface area contributed by atoms with Crippen LogP contribution in [0.3, 0.4) is 0 Å². The van der Waals surface area contributed by atoms with Gasteiger partial charge in [-0.3, -0.25) is 0 Å². The Labute approximate surface area is 70.0 Å². The van der Waals surface area contributed by atoms with Crippen molar-refractivity contribution in [3.05, 3.63) is 0 Å². The largest absolute Gasteiger partial charge is 0.479 e. The minimum Gasteiger partial charge on any atom is -0.479 e. The van der Waals surface area contributed by atoms with Gasteiger partial charge in [-0.2, -0.15) is 0 Å². The van der Waals surface area contributed by atoms with E-state index in [1.54, 1.807) is 13.8 Å². The van der Waals surface area contributed by atoms with E-state index in [1.807, 2.05) is 0 Å². The highest BCUT2D eigenvalue weighted by Crippen LogP contribution is 1.95. The number of hydrogen-bond acceptors (Lipinski definition) is 4. The Morgan fingerprint density at radius 2 is 1.92 bits per heavy atom. The molecule has 0 aromatic heterocycles. The molecule has 5 heteroatoms. The molecule has 0 aliphatic rings. The van der Waals surface area contributed by atoms with Crippen LogP contribution in [0.15, 0.2) is 0 Å². The molecule has 0 saturated carbocycles. The predicted octanol–water partition coefficient (Wildman–Crippen LogP) is -0.369. The summed E-state index contributed by atoms with van der Waals surface area (Å²) in [7, 11) is 0. The number of rotatable bonds is 4. The van der Waals surface area contributed by atoms with Crippen molar-refractivity contribution in [2.45, 2.75) is 20.0 Å². The second kappa shape index (κ2) is 4.71. The number of carboxylic acid groups (broad SMARTS) is 1. The molecule has 0 fully saturated rings. The predicted molar refractivity (Wildman–Crippen MR) is 39.4 cm³/mol. The van der Waals surface area contributed by atoms with Gasteiger partial charge in [-0.25, -0.2) is 9.59 Å². The van der Waals surface area contributed by atoms with Crippen LogP contribution in [0.25, 0.3) is 0 Å². The summed E-state index contributed by atoms with van der Waals surface area (Å²) < 4.78 is 4.46. The number of ether oxygens (including phenoxy) is 1. The normalized spacial score (nSPS) is 12.7. The van der Waals surface area contributed by atoms with Gasteiger partial charge in [0.2, 0.25) is 6.10 Å². The molecule has 0 aromatic rings. The van der Waals surface area contributed by atoms with Gasteiger partial charge < -0.3 is 14.9 Å². The van der Waals surface area contributed by atoms with Crippen molar-refractivity contribution in [3.63, 3.8) is 0 Å². The molecule has 0 bridgehead atoms. The first kappa shape index (κ1) is 10.9. The summed E-state index contributed by atoms with van der Waals surface area (Å²) >= 11 is 0.